The molecule has 0 aliphatic rings. The first kappa shape index (κ1) is 16.3. The standard InChI is InChI=1S/C14H30OS/c1-2-3-4-5-6-7-8-9-10-11-12-13-16-14-15/h15H,2-14H2,1H3. The number of rotatable bonds is 13. The lowest BCUT2D eigenvalue weighted by Crippen LogP contribution is -1.84. The van der Waals surface area contributed by atoms with Crippen LogP contribution >= 0.6 is 11.8 Å². The van der Waals surface area contributed by atoms with Crippen LogP contribution in [0.3, 0.4) is 0 Å². The Morgan fingerprint density at radius 3 is 1.56 bits per heavy atom. The SMILES string of the molecule is CCCCCCCCCCCCCSCO. The Bertz CT molecular complexity index is 103. The Morgan fingerprint density at radius 1 is 0.688 bits per heavy atom. The summed E-state index contributed by atoms with van der Waals surface area (Å²) in [7, 11) is 0. The molecule has 98 valence electrons. The van der Waals surface area contributed by atoms with Gasteiger partial charge in [0.05, 0.1) is 5.94 Å². The van der Waals surface area contributed by atoms with E-state index in [1.54, 1.807) is 11.8 Å². The summed E-state index contributed by atoms with van der Waals surface area (Å²) >= 11 is 1.64. The molecule has 0 bridgehead atoms. The molecule has 0 heterocycles. The molecule has 16 heavy (non-hydrogen) atoms. The van der Waals surface area contributed by atoms with Crippen LogP contribution in [0.15, 0.2) is 0 Å². The Kier molecular flexibility index (Phi) is 15.6. The minimum atomic E-state index is 0.289. The van der Waals surface area contributed by atoms with Crippen molar-refractivity contribution in [2.75, 3.05) is 11.7 Å². The number of aliphatic hydroxyl groups is 1. The maximum Gasteiger partial charge on any atom is 0.0885 e. The van der Waals surface area contributed by atoms with Gasteiger partial charge in [-0.15, -0.1) is 11.8 Å². The summed E-state index contributed by atoms with van der Waals surface area (Å²) in [6.45, 7) is 2.27. The van der Waals surface area contributed by atoms with Gasteiger partial charge in [0.1, 0.15) is 0 Å². The summed E-state index contributed by atoms with van der Waals surface area (Å²) < 4.78 is 0. The van der Waals surface area contributed by atoms with E-state index < -0.39 is 0 Å². The minimum absolute atomic E-state index is 0.289. The third-order valence-electron chi connectivity index (χ3n) is 2.98. The lowest BCUT2D eigenvalue weighted by atomic mass is 10.1. The lowest BCUT2D eigenvalue weighted by molar-refractivity contribution is 0.375. The van der Waals surface area contributed by atoms with E-state index in [4.69, 9.17) is 5.11 Å². The van der Waals surface area contributed by atoms with Crippen molar-refractivity contribution >= 4 is 11.8 Å². The molecule has 2 heteroatoms. The monoisotopic (exact) mass is 246 g/mol. The van der Waals surface area contributed by atoms with Crippen molar-refractivity contribution in [3.63, 3.8) is 0 Å². The van der Waals surface area contributed by atoms with Crippen molar-refractivity contribution < 1.29 is 5.11 Å². The molecule has 0 aromatic rings. The molecule has 0 unspecified atom stereocenters. The molecule has 0 aromatic carbocycles. The van der Waals surface area contributed by atoms with Crippen LogP contribution in [0, 0.1) is 0 Å². The molecule has 0 rings (SSSR count). The molecule has 1 N–H and O–H groups in total. The second-order valence-corrected chi connectivity index (χ2v) is 5.65. The predicted octanol–water partition coefficient (Wildman–Crippen LogP) is 4.98. The Morgan fingerprint density at radius 2 is 1.12 bits per heavy atom. The lowest BCUT2D eigenvalue weighted by Gasteiger charge is -2.02. The second-order valence-electron chi connectivity index (χ2n) is 4.57. The Labute approximate surface area is 106 Å². The first-order chi connectivity index (χ1) is 7.91. The van der Waals surface area contributed by atoms with Crippen LogP contribution < -0.4 is 0 Å². The number of aliphatic hydroxyl groups excluding tert-OH is 1. The zero-order chi connectivity index (χ0) is 11.9. The minimum Gasteiger partial charge on any atom is -0.386 e. The average molecular weight is 246 g/mol. The van der Waals surface area contributed by atoms with Gasteiger partial charge in [0.15, 0.2) is 0 Å². The smallest absolute Gasteiger partial charge is 0.0885 e. The van der Waals surface area contributed by atoms with E-state index in [2.05, 4.69) is 6.92 Å². The molecule has 0 radical (unpaired) electrons. The maximum atomic E-state index is 8.59. The number of thioether (sulfide) groups is 1. The fraction of sp³-hybridized carbons (Fsp3) is 1.00. The Balaban J connectivity index is 2.83. The van der Waals surface area contributed by atoms with E-state index in [0.717, 1.165) is 5.75 Å². The number of hydrogen-bond donors (Lipinski definition) is 1. The van der Waals surface area contributed by atoms with Gasteiger partial charge in [0, 0.05) is 0 Å². The summed E-state index contributed by atoms with van der Waals surface area (Å²) in [5.41, 5.74) is 0. The molecule has 0 aliphatic heterocycles. The van der Waals surface area contributed by atoms with Gasteiger partial charge in [-0.3, -0.25) is 0 Å². The van der Waals surface area contributed by atoms with Gasteiger partial charge in [-0.2, -0.15) is 0 Å². The van der Waals surface area contributed by atoms with Gasteiger partial charge < -0.3 is 5.11 Å². The van der Waals surface area contributed by atoms with Gasteiger partial charge in [-0.1, -0.05) is 71.1 Å². The summed E-state index contributed by atoms with van der Waals surface area (Å²) in [6, 6.07) is 0. The third kappa shape index (κ3) is 14.3. The van der Waals surface area contributed by atoms with E-state index in [1.165, 1.54) is 70.6 Å². The molecule has 0 spiro atoms. The summed E-state index contributed by atoms with van der Waals surface area (Å²) in [4.78, 5) is 0. The zero-order valence-corrected chi connectivity index (χ0v) is 11.9. The second kappa shape index (κ2) is 15.3. The largest absolute Gasteiger partial charge is 0.386 e. The van der Waals surface area contributed by atoms with E-state index in [9.17, 15) is 0 Å². The molecular formula is C14H30OS. The van der Waals surface area contributed by atoms with Crippen LogP contribution in [0.2, 0.25) is 0 Å². The predicted molar refractivity (Wildman–Crippen MR) is 76.0 cm³/mol. The van der Waals surface area contributed by atoms with E-state index in [0.29, 0.717) is 0 Å². The molecule has 0 fully saturated rings. The van der Waals surface area contributed by atoms with Gasteiger partial charge >= 0.3 is 0 Å². The highest BCUT2D eigenvalue weighted by atomic mass is 32.2. The maximum absolute atomic E-state index is 8.59. The summed E-state index contributed by atoms with van der Waals surface area (Å²) in [5, 5.41) is 8.59. The van der Waals surface area contributed by atoms with Crippen molar-refractivity contribution in [1.29, 1.82) is 0 Å². The molecule has 0 aromatic heterocycles. The highest BCUT2D eigenvalue weighted by Crippen LogP contribution is 2.12. The molecule has 0 aliphatic carbocycles. The number of hydrogen-bond acceptors (Lipinski definition) is 2. The van der Waals surface area contributed by atoms with Gasteiger partial charge in [-0.25, -0.2) is 0 Å². The molecule has 0 saturated carbocycles. The van der Waals surface area contributed by atoms with Gasteiger partial charge in [0.25, 0.3) is 0 Å². The average Bonchev–Trinajstić information content (AvgIpc) is 2.31. The van der Waals surface area contributed by atoms with E-state index in [-0.39, 0.29) is 5.94 Å². The zero-order valence-electron chi connectivity index (χ0n) is 11.0. The van der Waals surface area contributed by atoms with Crippen molar-refractivity contribution in [2.45, 2.75) is 77.6 Å². The topological polar surface area (TPSA) is 20.2 Å². The van der Waals surface area contributed by atoms with Crippen LogP contribution in [0.25, 0.3) is 0 Å². The number of unbranched alkanes of at least 4 members (excludes halogenated alkanes) is 10. The Hall–Kier alpha value is 0.310. The van der Waals surface area contributed by atoms with Crippen LogP contribution in [0.1, 0.15) is 77.6 Å². The van der Waals surface area contributed by atoms with Crippen LogP contribution in [0.5, 0.6) is 0 Å². The summed E-state index contributed by atoms with van der Waals surface area (Å²) in [6.07, 6.45) is 15.4. The van der Waals surface area contributed by atoms with Crippen LogP contribution in [-0.2, 0) is 0 Å². The first-order valence-corrected chi connectivity index (χ1v) is 8.26. The fourth-order valence-electron chi connectivity index (χ4n) is 1.93. The van der Waals surface area contributed by atoms with Crippen molar-refractivity contribution in [3.05, 3.63) is 0 Å². The highest BCUT2D eigenvalue weighted by Gasteiger charge is 1.93. The quantitative estimate of drug-likeness (QED) is 0.365. The molecule has 0 atom stereocenters. The van der Waals surface area contributed by atoms with Gasteiger partial charge in [-0.05, 0) is 12.2 Å². The van der Waals surface area contributed by atoms with Gasteiger partial charge in [0.2, 0.25) is 0 Å². The van der Waals surface area contributed by atoms with E-state index in [1.807, 2.05) is 0 Å². The first-order valence-electron chi connectivity index (χ1n) is 7.10. The fourth-order valence-corrected chi connectivity index (χ4v) is 2.47. The van der Waals surface area contributed by atoms with Crippen molar-refractivity contribution in [1.82, 2.24) is 0 Å². The molecule has 0 saturated heterocycles. The molecular weight excluding hydrogens is 216 g/mol. The van der Waals surface area contributed by atoms with Crippen LogP contribution in [-0.4, -0.2) is 16.8 Å². The third-order valence-corrected chi connectivity index (χ3v) is 3.74. The van der Waals surface area contributed by atoms with Crippen molar-refractivity contribution in [3.8, 4) is 0 Å². The summed E-state index contributed by atoms with van der Waals surface area (Å²) in [5.74, 6) is 1.42. The highest BCUT2D eigenvalue weighted by molar-refractivity contribution is 7.99. The molecule has 1 nitrogen and oxygen atoms in total. The normalized spacial score (nSPS) is 10.9. The molecule has 0 amide bonds. The van der Waals surface area contributed by atoms with Crippen LogP contribution in [0.4, 0.5) is 0 Å². The van der Waals surface area contributed by atoms with Crippen molar-refractivity contribution in [2.24, 2.45) is 0 Å². The van der Waals surface area contributed by atoms with E-state index >= 15 is 0 Å².